The third-order valence-corrected chi connectivity index (χ3v) is 5.47. The molecule has 1 saturated carbocycles. The van der Waals surface area contributed by atoms with Crippen LogP contribution >= 0.6 is 0 Å². The van der Waals surface area contributed by atoms with E-state index in [2.05, 4.69) is 12.2 Å². The van der Waals surface area contributed by atoms with Crippen molar-refractivity contribution < 1.29 is 14.3 Å². The van der Waals surface area contributed by atoms with E-state index in [0.717, 1.165) is 37.0 Å². The van der Waals surface area contributed by atoms with Gasteiger partial charge in [-0.3, -0.25) is 9.69 Å². The molecule has 1 aliphatic heterocycles. The molecule has 2 aliphatic rings. The fourth-order valence-corrected chi connectivity index (χ4v) is 3.91. The average Bonchev–Trinajstić information content (AvgIpc) is 2.84. The van der Waals surface area contributed by atoms with Crippen LogP contribution in [-0.2, 0) is 11.3 Å². The lowest BCUT2D eigenvalue weighted by Crippen LogP contribution is -2.49. The smallest absolute Gasteiger partial charge is 0.326 e. The summed E-state index contributed by atoms with van der Waals surface area (Å²) in [5.41, 5.74) is 0.373. The maximum absolute atomic E-state index is 12.9. The highest BCUT2D eigenvalue weighted by atomic mass is 16.5. The molecule has 1 saturated heterocycles. The van der Waals surface area contributed by atoms with Crippen molar-refractivity contribution in [3.05, 3.63) is 29.8 Å². The summed E-state index contributed by atoms with van der Waals surface area (Å²) in [6.07, 6.45) is 3.45. The van der Waals surface area contributed by atoms with Gasteiger partial charge >= 0.3 is 6.03 Å². The highest BCUT2D eigenvalue weighted by molar-refractivity contribution is 6.07. The van der Waals surface area contributed by atoms with Crippen LogP contribution in [0.3, 0.4) is 0 Å². The zero-order valence-corrected chi connectivity index (χ0v) is 16.0. The van der Waals surface area contributed by atoms with E-state index < -0.39 is 5.54 Å². The molecule has 1 aliphatic carbocycles. The molecule has 142 valence electrons. The second-order valence-electron chi connectivity index (χ2n) is 7.62. The molecule has 0 bridgehead atoms. The van der Waals surface area contributed by atoms with E-state index in [-0.39, 0.29) is 18.6 Å². The van der Waals surface area contributed by atoms with Crippen molar-refractivity contribution in [3.63, 3.8) is 0 Å². The molecule has 1 heterocycles. The van der Waals surface area contributed by atoms with Crippen molar-refractivity contribution in [2.75, 3.05) is 20.3 Å². The van der Waals surface area contributed by atoms with Crippen molar-refractivity contribution in [2.45, 2.75) is 51.6 Å². The van der Waals surface area contributed by atoms with E-state index in [1.54, 1.807) is 0 Å². The number of hydrogen-bond donors (Lipinski definition) is 1. The van der Waals surface area contributed by atoms with Gasteiger partial charge in [-0.15, -0.1) is 0 Å². The maximum Gasteiger partial charge on any atom is 0.326 e. The number of hydrogen-bond acceptors (Lipinski definition) is 4. The SMILES string of the molecule is CCOc1ccccc1CN(C)CN1C(=O)NC2(CCC(C)CC2)C1=O. The zero-order valence-electron chi connectivity index (χ0n) is 16.0. The van der Waals surface area contributed by atoms with Gasteiger partial charge in [0.15, 0.2) is 0 Å². The van der Waals surface area contributed by atoms with E-state index in [1.165, 1.54) is 4.90 Å². The number of nitrogens with zero attached hydrogens (tertiary/aromatic N) is 2. The predicted molar refractivity (Wildman–Crippen MR) is 99.7 cm³/mol. The maximum atomic E-state index is 12.9. The molecule has 1 aromatic carbocycles. The number of imide groups is 1. The normalized spacial score (nSPS) is 25.8. The van der Waals surface area contributed by atoms with Crippen LogP contribution in [0.4, 0.5) is 4.79 Å². The molecule has 6 heteroatoms. The molecule has 0 unspecified atom stereocenters. The molecule has 26 heavy (non-hydrogen) atoms. The van der Waals surface area contributed by atoms with Gasteiger partial charge in [-0.2, -0.15) is 0 Å². The molecule has 3 amide bonds. The van der Waals surface area contributed by atoms with Crippen LogP contribution in [0.15, 0.2) is 24.3 Å². The number of urea groups is 1. The van der Waals surface area contributed by atoms with Crippen LogP contribution in [0.1, 0.15) is 45.1 Å². The minimum Gasteiger partial charge on any atom is -0.494 e. The van der Waals surface area contributed by atoms with Crippen LogP contribution in [0, 0.1) is 5.92 Å². The van der Waals surface area contributed by atoms with Gasteiger partial charge in [-0.1, -0.05) is 25.1 Å². The van der Waals surface area contributed by atoms with Crippen LogP contribution in [0.25, 0.3) is 0 Å². The minimum absolute atomic E-state index is 0.0701. The van der Waals surface area contributed by atoms with Crippen molar-refractivity contribution in [3.8, 4) is 5.75 Å². The van der Waals surface area contributed by atoms with Crippen LogP contribution < -0.4 is 10.1 Å². The van der Waals surface area contributed by atoms with Gasteiger partial charge in [-0.25, -0.2) is 9.69 Å². The molecule has 2 fully saturated rings. The van der Waals surface area contributed by atoms with Gasteiger partial charge < -0.3 is 10.1 Å². The molecular weight excluding hydrogens is 330 g/mol. The van der Waals surface area contributed by atoms with Gasteiger partial charge in [0.25, 0.3) is 5.91 Å². The van der Waals surface area contributed by atoms with E-state index in [1.807, 2.05) is 43.1 Å². The summed E-state index contributed by atoms with van der Waals surface area (Å²) in [6, 6.07) is 7.60. The van der Waals surface area contributed by atoms with Gasteiger partial charge in [0.1, 0.15) is 11.3 Å². The molecule has 6 nitrogen and oxygen atoms in total. The molecule has 1 spiro atoms. The van der Waals surface area contributed by atoms with E-state index >= 15 is 0 Å². The van der Waals surface area contributed by atoms with Crippen molar-refractivity contribution >= 4 is 11.9 Å². The van der Waals surface area contributed by atoms with Crippen LogP contribution in [0.2, 0.25) is 0 Å². The molecule has 1 N–H and O–H groups in total. The molecule has 0 atom stereocenters. The Kier molecular flexibility index (Phi) is 5.51. The van der Waals surface area contributed by atoms with E-state index in [9.17, 15) is 9.59 Å². The second kappa shape index (κ2) is 7.66. The molecule has 1 aromatic rings. The Bertz CT molecular complexity index is 668. The fourth-order valence-electron chi connectivity index (χ4n) is 3.91. The van der Waals surface area contributed by atoms with Crippen molar-refractivity contribution in [1.82, 2.24) is 15.1 Å². The number of para-hydroxylation sites is 1. The molecule has 0 aromatic heterocycles. The van der Waals surface area contributed by atoms with Crippen LogP contribution in [0.5, 0.6) is 5.75 Å². The molecule has 0 radical (unpaired) electrons. The largest absolute Gasteiger partial charge is 0.494 e. The van der Waals surface area contributed by atoms with Crippen molar-refractivity contribution in [1.29, 1.82) is 0 Å². The zero-order chi connectivity index (χ0) is 18.7. The van der Waals surface area contributed by atoms with E-state index in [4.69, 9.17) is 4.74 Å². The quantitative estimate of drug-likeness (QED) is 0.793. The summed E-state index contributed by atoms with van der Waals surface area (Å²) in [6.45, 7) is 5.65. The highest BCUT2D eigenvalue weighted by Gasteiger charge is 2.52. The number of rotatable bonds is 6. The first kappa shape index (κ1) is 18.7. The van der Waals surface area contributed by atoms with E-state index in [0.29, 0.717) is 19.1 Å². The first-order valence-corrected chi connectivity index (χ1v) is 9.48. The van der Waals surface area contributed by atoms with Gasteiger partial charge in [0.2, 0.25) is 0 Å². The van der Waals surface area contributed by atoms with Crippen LogP contribution in [-0.4, -0.2) is 47.6 Å². The topological polar surface area (TPSA) is 61.9 Å². The monoisotopic (exact) mass is 359 g/mol. The average molecular weight is 359 g/mol. The molecular formula is C20H29N3O3. The summed E-state index contributed by atoms with van der Waals surface area (Å²) in [7, 11) is 1.91. The summed E-state index contributed by atoms with van der Waals surface area (Å²) in [5, 5.41) is 2.98. The van der Waals surface area contributed by atoms with Gasteiger partial charge in [-0.05, 0) is 51.6 Å². The van der Waals surface area contributed by atoms with Crippen molar-refractivity contribution in [2.24, 2.45) is 5.92 Å². The summed E-state index contributed by atoms with van der Waals surface area (Å²) in [5.74, 6) is 1.40. The highest BCUT2D eigenvalue weighted by Crippen LogP contribution is 2.36. The lowest BCUT2D eigenvalue weighted by molar-refractivity contribution is -0.134. The Hall–Kier alpha value is -2.08. The lowest BCUT2D eigenvalue weighted by Gasteiger charge is -2.33. The summed E-state index contributed by atoms with van der Waals surface area (Å²) in [4.78, 5) is 28.7. The number of carbonyl (C=O) groups excluding carboxylic acids is 2. The third kappa shape index (κ3) is 3.70. The first-order valence-electron chi connectivity index (χ1n) is 9.48. The Morgan fingerprint density at radius 3 is 2.65 bits per heavy atom. The Balaban J connectivity index is 1.65. The molecule has 3 rings (SSSR count). The van der Waals surface area contributed by atoms with Gasteiger partial charge in [0, 0.05) is 12.1 Å². The predicted octanol–water partition coefficient (Wildman–Crippen LogP) is 2.98. The second-order valence-corrected chi connectivity index (χ2v) is 7.62. The Labute approximate surface area is 155 Å². The lowest BCUT2D eigenvalue weighted by atomic mass is 9.77. The number of carbonyl (C=O) groups is 2. The Morgan fingerprint density at radius 1 is 1.27 bits per heavy atom. The number of benzene rings is 1. The minimum atomic E-state index is -0.673. The summed E-state index contributed by atoms with van der Waals surface area (Å²) >= 11 is 0. The van der Waals surface area contributed by atoms with Gasteiger partial charge in [0.05, 0.1) is 13.3 Å². The number of nitrogens with one attached hydrogen (secondary N) is 1. The standard InChI is InChI=1S/C20H29N3O3/c1-4-26-17-8-6-5-7-16(17)13-22(3)14-23-18(24)20(21-19(23)25)11-9-15(2)10-12-20/h5-8,15H,4,9-14H2,1-3H3,(H,21,25). The number of ether oxygens (including phenoxy) is 1. The third-order valence-electron chi connectivity index (χ3n) is 5.47. The fraction of sp³-hybridized carbons (Fsp3) is 0.600. The Morgan fingerprint density at radius 2 is 1.96 bits per heavy atom. The summed E-state index contributed by atoms with van der Waals surface area (Å²) < 4.78 is 5.66. The first-order chi connectivity index (χ1) is 12.4. The number of amides is 3.